The fraction of sp³-hybridized carbons (Fsp3) is 0.350. The van der Waals surface area contributed by atoms with Gasteiger partial charge >= 0.3 is 0 Å². The van der Waals surface area contributed by atoms with E-state index in [-0.39, 0.29) is 16.8 Å². The van der Waals surface area contributed by atoms with E-state index in [1.807, 2.05) is 32.9 Å². The molecule has 1 atom stereocenters. The lowest BCUT2D eigenvalue weighted by atomic mass is 10.0. The van der Waals surface area contributed by atoms with E-state index >= 15 is 0 Å². The van der Waals surface area contributed by atoms with Crippen molar-refractivity contribution < 1.29 is 13.2 Å². The predicted octanol–water partition coefficient (Wildman–Crippen LogP) is 3.52. The van der Waals surface area contributed by atoms with Crippen molar-refractivity contribution in [3.63, 3.8) is 0 Å². The number of hydrogen-bond donors (Lipinski definition) is 1. The molecule has 0 spiro atoms. The average Bonchev–Trinajstić information content (AvgIpc) is 2.54. The lowest BCUT2D eigenvalue weighted by Crippen LogP contribution is -2.29. The second-order valence-electron chi connectivity index (χ2n) is 6.48. The van der Waals surface area contributed by atoms with Crippen molar-refractivity contribution in [1.82, 2.24) is 5.32 Å². The highest BCUT2D eigenvalue weighted by Crippen LogP contribution is 2.20. The second-order valence-corrected chi connectivity index (χ2v) is 8.49. The van der Waals surface area contributed by atoms with Crippen LogP contribution in [0.2, 0.25) is 0 Å². The minimum atomic E-state index is -3.21. The van der Waals surface area contributed by atoms with E-state index in [9.17, 15) is 13.2 Å². The van der Waals surface area contributed by atoms with Crippen LogP contribution in [-0.2, 0) is 21.1 Å². The Kier molecular flexibility index (Phi) is 6.01. The quantitative estimate of drug-likeness (QED) is 0.858. The van der Waals surface area contributed by atoms with Crippen molar-refractivity contribution in [1.29, 1.82) is 0 Å². The Balaban J connectivity index is 2.09. The summed E-state index contributed by atoms with van der Waals surface area (Å²) in [6, 6.07) is 12.6. The monoisotopic (exact) mass is 359 g/mol. The highest BCUT2D eigenvalue weighted by molar-refractivity contribution is 7.90. The van der Waals surface area contributed by atoms with Crippen LogP contribution in [0.1, 0.15) is 41.6 Å². The molecule has 0 aliphatic heterocycles. The molecule has 0 heterocycles. The van der Waals surface area contributed by atoms with Crippen molar-refractivity contribution in [3.8, 4) is 0 Å². The van der Waals surface area contributed by atoms with E-state index in [1.54, 1.807) is 24.3 Å². The van der Waals surface area contributed by atoms with Crippen LogP contribution in [0, 0.1) is 13.8 Å². The Labute approximate surface area is 150 Å². The molecule has 0 unspecified atom stereocenters. The molecule has 2 rings (SSSR count). The smallest absolute Gasteiger partial charge is 0.224 e. The summed E-state index contributed by atoms with van der Waals surface area (Å²) in [5.41, 5.74) is 4.22. The van der Waals surface area contributed by atoms with Crippen LogP contribution in [-0.4, -0.2) is 20.6 Å². The lowest BCUT2D eigenvalue weighted by Gasteiger charge is -2.18. The third kappa shape index (κ3) is 5.16. The van der Waals surface area contributed by atoms with E-state index in [0.717, 1.165) is 23.1 Å². The van der Waals surface area contributed by atoms with Crippen LogP contribution in [0.3, 0.4) is 0 Å². The number of rotatable bonds is 6. The van der Waals surface area contributed by atoms with Crippen molar-refractivity contribution in [2.24, 2.45) is 0 Å². The summed E-state index contributed by atoms with van der Waals surface area (Å²) in [6.45, 7) is 6.04. The van der Waals surface area contributed by atoms with Gasteiger partial charge in [0.05, 0.1) is 17.4 Å². The first kappa shape index (κ1) is 19.2. The minimum absolute atomic E-state index is 0.0361. The molecule has 4 nitrogen and oxygen atoms in total. The zero-order valence-corrected chi connectivity index (χ0v) is 16.0. The number of sulfone groups is 1. The predicted molar refractivity (Wildman–Crippen MR) is 100 cm³/mol. The summed E-state index contributed by atoms with van der Waals surface area (Å²) >= 11 is 0. The molecule has 2 aromatic rings. The summed E-state index contributed by atoms with van der Waals surface area (Å²) in [6.07, 6.45) is 2.26. The number of nitrogens with one attached hydrogen (secondary N) is 1. The van der Waals surface area contributed by atoms with Crippen molar-refractivity contribution in [3.05, 3.63) is 64.7 Å². The average molecular weight is 359 g/mol. The van der Waals surface area contributed by atoms with Crippen molar-refractivity contribution in [2.75, 3.05) is 6.26 Å². The van der Waals surface area contributed by atoms with Gasteiger partial charge in [-0.3, -0.25) is 4.79 Å². The van der Waals surface area contributed by atoms with Gasteiger partial charge in [-0.25, -0.2) is 8.42 Å². The fourth-order valence-electron chi connectivity index (χ4n) is 2.83. The maximum Gasteiger partial charge on any atom is 0.224 e. The van der Waals surface area contributed by atoms with Gasteiger partial charge in [0.1, 0.15) is 0 Å². The molecule has 2 aromatic carbocycles. The molecule has 0 bridgehead atoms. The molecule has 25 heavy (non-hydrogen) atoms. The van der Waals surface area contributed by atoms with Gasteiger partial charge in [0.2, 0.25) is 5.91 Å². The number of hydrogen-bond acceptors (Lipinski definition) is 3. The SMILES string of the molecule is CC[C@H](NC(=O)Cc1ccc(C)cc1C)c1ccc(S(C)(=O)=O)cc1. The number of carbonyl (C=O) groups is 1. The lowest BCUT2D eigenvalue weighted by molar-refractivity contribution is -0.121. The third-order valence-corrected chi connectivity index (χ3v) is 5.43. The van der Waals surface area contributed by atoms with Gasteiger partial charge in [0.25, 0.3) is 0 Å². The summed E-state index contributed by atoms with van der Waals surface area (Å²) in [7, 11) is -3.21. The number of aryl methyl sites for hydroxylation is 2. The summed E-state index contributed by atoms with van der Waals surface area (Å²) in [5, 5.41) is 3.04. The molecule has 0 saturated carbocycles. The molecule has 5 heteroatoms. The van der Waals surface area contributed by atoms with E-state index in [1.165, 1.54) is 11.8 Å². The van der Waals surface area contributed by atoms with Crippen LogP contribution in [0.4, 0.5) is 0 Å². The summed E-state index contributed by atoms with van der Waals surface area (Å²) in [5.74, 6) is -0.0361. The molecule has 0 aliphatic carbocycles. The number of amides is 1. The van der Waals surface area contributed by atoms with Gasteiger partial charge in [-0.15, -0.1) is 0 Å². The van der Waals surface area contributed by atoms with Crippen LogP contribution in [0.5, 0.6) is 0 Å². The Hall–Kier alpha value is -2.14. The number of benzene rings is 2. The fourth-order valence-corrected chi connectivity index (χ4v) is 3.46. The molecule has 0 aliphatic rings. The third-order valence-electron chi connectivity index (χ3n) is 4.30. The first-order chi connectivity index (χ1) is 11.7. The van der Waals surface area contributed by atoms with E-state index in [4.69, 9.17) is 0 Å². The highest BCUT2D eigenvalue weighted by Gasteiger charge is 2.15. The topological polar surface area (TPSA) is 63.2 Å². The van der Waals surface area contributed by atoms with E-state index < -0.39 is 9.84 Å². The molecule has 1 N–H and O–H groups in total. The van der Waals surface area contributed by atoms with Gasteiger partial charge in [0, 0.05) is 6.26 Å². The molecule has 1 amide bonds. The Morgan fingerprint density at radius 1 is 1.08 bits per heavy atom. The molecule has 0 aromatic heterocycles. The van der Waals surface area contributed by atoms with Crippen LogP contribution in [0.25, 0.3) is 0 Å². The number of carbonyl (C=O) groups excluding carboxylic acids is 1. The molecule has 0 saturated heterocycles. The molecule has 0 fully saturated rings. The van der Waals surface area contributed by atoms with Gasteiger partial charge in [-0.05, 0) is 49.1 Å². The Morgan fingerprint density at radius 3 is 2.24 bits per heavy atom. The maximum absolute atomic E-state index is 12.4. The maximum atomic E-state index is 12.4. The standard InChI is InChI=1S/C20H25NO3S/c1-5-19(16-8-10-18(11-9-16)25(4,23)24)21-20(22)13-17-7-6-14(2)12-15(17)3/h6-12,19H,5,13H2,1-4H3,(H,21,22)/t19-/m0/s1. The largest absolute Gasteiger partial charge is 0.349 e. The molecule has 0 radical (unpaired) electrons. The Bertz CT molecular complexity index is 855. The Morgan fingerprint density at radius 2 is 1.72 bits per heavy atom. The zero-order chi connectivity index (χ0) is 18.6. The minimum Gasteiger partial charge on any atom is -0.349 e. The molecule has 134 valence electrons. The normalized spacial score (nSPS) is 12.6. The van der Waals surface area contributed by atoms with Gasteiger partial charge in [-0.1, -0.05) is 42.8 Å². The van der Waals surface area contributed by atoms with Crippen molar-refractivity contribution in [2.45, 2.75) is 44.6 Å². The van der Waals surface area contributed by atoms with Gasteiger partial charge in [-0.2, -0.15) is 0 Å². The van der Waals surface area contributed by atoms with Gasteiger partial charge in [0.15, 0.2) is 9.84 Å². The van der Waals surface area contributed by atoms with Crippen LogP contribution < -0.4 is 5.32 Å². The summed E-state index contributed by atoms with van der Waals surface area (Å²) < 4.78 is 23.1. The van der Waals surface area contributed by atoms with Crippen LogP contribution >= 0.6 is 0 Å². The first-order valence-corrected chi connectivity index (χ1v) is 10.3. The molecular weight excluding hydrogens is 334 g/mol. The zero-order valence-electron chi connectivity index (χ0n) is 15.2. The van der Waals surface area contributed by atoms with Crippen LogP contribution in [0.15, 0.2) is 47.4 Å². The highest BCUT2D eigenvalue weighted by atomic mass is 32.2. The van der Waals surface area contributed by atoms with E-state index in [2.05, 4.69) is 11.4 Å². The molecular formula is C20H25NO3S. The van der Waals surface area contributed by atoms with Gasteiger partial charge < -0.3 is 5.32 Å². The summed E-state index contributed by atoms with van der Waals surface area (Å²) in [4.78, 5) is 12.7. The first-order valence-electron chi connectivity index (χ1n) is 8.36. The van der Waals surface area contributed by atoms with E-state index in [0.29, 0.717) is 6.42 Å². The second kappa shape index (κ2) is 7.83. The van der Waals surface area contributed by atoms with Crippen molar-refractivity contribution >= 4 is 15.7 Å².